The van der Waals surface area contributed by atoms with Crippen LogP contribution in [-0.4, -0.2) is 24.3 Å². The highest BCUT2D eigenvalue weighted by molar-refractivity contribution is 6.31. The van der Waals surface area contributed by atoms with Crippen LogP contribution in [0.2, 0.25) is 5.02 Å². The maximum absolute atomic E-state index is 12.0. The lowest BCUT2D eigenvalue weighted by Crippen LogP contribution is -2.44. The van der Waals surface area contributed by atoms with E-state index < -0.39 is 11.8 Å². The van der Waals surface area contributed by atoms with Gasteiger partial charge in [-0.1, -0.05) is 54.1 Å². The van der Waals surface area contributed by atoms with Crippen LogP contribution in [0.1, 0.15) is 18.4 Å². The largest absolute Gasteiger partial charge is 0.483 e. The number of hydrogen-bond acceptors (Lipinski definition) is 4. The molecule has 3 N–H and O–H groups in total. The summed E-state index contributed by atoms with van der Waals surface area (Å²) in [4.78, 5) is 35.9. The van der Waals surface area contributed by atoms with Gasteiger partial charge in [0.25, 0.3) is 5.91 Å². The molecule has 0 aliphatic heterocycles. The Labute approximate surface area is 184 Å². The molecule has 3 aromatic rings. The number of rotatable bonds is 7. The molecule has 0 aliphatic carbocycles. The fourth-order valence-electron chi connectivity index (χ4n) is 2.89. The highest BCUT2D eigenvalue weighted by Crippen LogP contribution is 2.25. The van der Waals surface area contributed by atoms with Crippen molar-refractivity contribution in [3.63, 3.8) is 0 Å². The van der Waals surface area contributed by atoms with E-state index in [9.17, 15) is 14.4 Å². The molecule has 0 bridgehead atoms. The Morgan fingerprint density at radius 3 is 2.35 bits per heavy atom. The fraction of sp³-hybridized carbons (Fsp3) is 0.174. The highest BCUT2D eigenvalue weighted by atomic mass is 35.5. The lowest BCUT2D eigenvalue weighted by Gasteiger charge is -2.11. The van der Waals surface area contributed by atoms with Crippen LogP contribution in [0, 0.1) is 6.92 Å². The first-order valence-electron chi connectivity index (χ1n) is 9.67. The van der Waals surface area contributed by atoms with E-state index in [2.05, 4.69) is 16.2 Å². The van der Waals surface area contributed by atoms with Crippen molar-refractivity contribution >= 4 is 45.8 Å². The highest BCUT2D eigenvalue weighted by Gasteiger charge is 2.11. The number of hydrazine groups is 1. The van der Waals surface area contributed by atoms with Gasteiger partial charge in [-0.15, -0.1) is 0 Å². The predicted molar refractivity (Wildman–Crippen MR) is 120 cm³/mol. The van der Waals surface area contributed by atoms with Gasteiger partial charge in [-0.3, -0.25) is 25.2 Å². The SMILES string of the molecule is Cc1c(Cl)cccc1NC(=O)CCC(=O)NNC(=O)COc1cccc2ccccc12. The fourth-order valence-corrected chi connectivity index (χ4v) is 3.06. The number of benzene rings is 3. The molecule has 0 saturated heterocycles. The van der Waals surface area contributed by atoms with Crippen molar-refractivity contribution in [2.75, 3.05) is 11.9 Å². The molecule has 0 aliphatic rings. The van der Waals surface area contributed by atoms with Crippen LogP contribution >= 0.6 is 11.6 Å². The summed E-state index contributed by atoms with van der Waals surface area (Å²) in [5.41, 5.74) is 5.90. The van der Waals surface area contributed by atoms with E-state index in [0.29, 0.717) is 16.5 Å². The summed E-state index contributed by atoms with van der Waals surface area (Å²) < 4.78 is 5.56. The average Bonchev–Trinajstić information content (AvgIpc) is 2.78. The third kappa shape index (κ3) is 6.20. The van der Waals surface area contributed by atoms with Crippen molar-refractivity contribution in [1.82, 2.24) is 10.9 Å². The monoisotopic (exact) mass is 439 g/mol. The third-order valence-corrected chi connectivity index (χ3v) is 4.98. The predicted octanol–water partition coefficient (Wildman–Crippen LogP) is 3.75. The lowest BCUT2D eigenvalue weighted by molar-refractivity contribution is -0.130. The van der Waals surface area contributed by atoms with Crippen molar-refractivity contribution in [2.24, 2.45) is 0 Å². The Hall–Kier alpha value is -3.58. The molecular formula is C23H22ClN3O4. The van der Waals surface area contributed by atoms with Crippen molar-refractivity contribution in [3.8, 4) is 5.75 Å². The van der Waals surface area contributed by atoms with Crippen molar-refractivity contribution < 1.29 is 19.1 Å². The van der Waals surface area contributed by atoms with Crippen LogP contribution in [0.15, 0.2) is 60.7 Å². The molecule has 7 nitrogen and oxygen atoms in total. The van der Waals surface area contributed by atoms with E-state index in [0.717, 1.165) is 16.3 Å². The van der Waals surface area contributed by atoms with Crippen LogP contribution in [0.4, 0.5) is 5.69 Å². The Morgan fingerprint density at radius 1 is 0.839 bits per heavy atom. The quantitative estimate of drug-likeness (QED) is 0.488. The second-order valence-corrected chi connectivity index (χ2v) is 7.23. The molecule has 0 atom stereocenters. The van der Waals surface area contributed by atoms with Gasteiger partial charge in [0.1, 0.15) is 5.75 Å². The summed E-state index contributed by atoms with van der Waals surface area (Å²) in [5.74, 6) is -0.754. The molecule has 3 aromatic carbocycles. The van der Waals surface area contributed by atoms with Gasteiger partial charge < -0.3 is 10.1 Å². The zero-order valence-corrected chi connectivity index (χ0v) is 17.7. The van der Waals surface area contributed by atoms with E-state index in [-0.39, 0.29) is 25.4 Å². The molecule has 0 radical (unpaired) electrons. The zero-order chi connectivity index (χ0) is 22.2. The van der Waals surface area contributed by atoms with E-state index >= 15 is 0 Å². The Balaban J connectivity index is 1.39. The van der Waals surface area contributed by atoms with Gasteiger partial charge in [-0.05, 0) is 36.1 Å². The molecule has 0 spiro atoms. The molecule has 3 amide bonds. The minimum absolute atomic E-state index is 0.0415. The summed E-state index contributed by atoms with van der Waals surface area (Å²) in [5, 5.41) is 5.15. The molecule has 0 saturated carbocycles. The summed E-state index contributed by atoms with van der Waals surface area (Å²) in [6, 6.07) is 18.4. The number of nitrogens with one attached hydrogen (secondary N) is 3. The number of fused-ring (bicyclic) bond motifs is 1. The van der Waals surface area contributed by atoms with Crippen LogP contribution < -0.4 is 20.9 Å². The van der Waals surface area contributed by atoms with Crippen molar-refractivity contribution in [3.05, 3.63) is 71.2 Å². The number of amides is 3. The van der Waals surface area contributed by atoms with Crippen LogP contribution in [-0.2, 0) is 14.4 Å². The molecule has 0 aromatic heterocycles. The average molecular weight is 440 g/mol. The first-order valence-corrected chi connectivity index (χ1v) is 10.0. The van der Waals surface area contributed by atoms with Crippen LogP contribution in [0.25, 0.3) is 10.8 Å². The van der Waals surface area contributed by atoms with Crippen molar-refractivity contribution in [2.45, 2.75) is 19.8 Å². The number of carbonyl (C=O) groups excluding carboxylic acids is 3. The number of hydrogen-bond donors (Lipinski definition) is 3. The molecule has 3 rings (SSSR count). The molecule has 160 valence electrons. The van der Waals surface area contributed by atoms with Gasteiger partial charge in [0, 0.05) is 28.9 Å². The number of anilines is 1. The van der Waals surface area contributed by atoms with Gasteiger partial charge in [-0.25, -0.2) is 0 Å². The standard InChI is InChI=1S/C23H22ClN3O4/c1-15-18(24)9-5-10-19(15)25-21(28)12-13-22(29)26-27-23(30)14-31-20-11-4-7-16-6-2-3-8-17(16)20/h2-11H,12-14H2,1H3,(H,25,28)(H,26,29)(H,27,30). The molecule has 0 heterocycles. The van der Waals surface area contributed by atoms with Crippen molar-refractivity contribution in [1.29, 1.82) is 0 Å². The van der Waals surface area contributed by atoms with Gasteiger partial charge in [-0.2, -0.15) is 0 Å². The van der Waals surface area contributed by atoms with E-state index in [1.807, 2.05) is 36.4 Å². The summed E-state index contributed by atoms with van der Waals surface area (Å²) in [6.07, 6.45) is -0.129. The summed E-state index contributed by atoms with van der Waals surface area (Å²) in [7, 11) is 0. The van der Waals surface area contributed by atoms with E-state index in [4.69, 9.17) is 16.3 Å². The molecule has 8 heteroatoms. The first-order chi connectivity index (χ1) is 14.9. The minimum Gasteiger partial charge on any atom is -0.483 e. The van der Waals surface area contributed by atoms with Gasteiger partial charge in [0.2, 0.25) is 11.8 Å². The normalized spacial score (nSPS) is 10.4. The lowest BCUT2D eigenvalue weighted by atomic mass is 10.1. The number of halogens is 1. The summed E-state index contributed by atoms with van der Waals surface area (Å²) in [6.45, 7) is 1.53. The molecular weight excluding hydrogens is 418 g/mol. The smallest absolute Gasteiger partial charge is 0.276 e. The van der Waals surface area contributed by atoms with Gasteiger partial charge in [0.05, 0.1) is 0 Å². The second-order valence-electron chi connectivity index (χ2n) is 6.82. The number of ether oxygens (including phenoxy) is 1. The molecule has 0 fully saturated rings. The molecule has 0 unspecified atom stereocenters. The second kappa shape index (κ2) is 10.4. The topological polar surface area (TPSA) is 96.5 Å². The van der Waals surface area contributed by atoms with E-state index in [1.54, 1.807) is 31.2 Å². The van der Waals surface area contributed by atoms with E-state index in [1.165, 1.54) is 0 Å². The zero-order valence-electron chi connectivity index (χ0n) is 16.9. The Morgan fingerprint density at radius 2 is 1.52 bits per heavy atom. The summed E-state index contributed by atoms with van der Waals surface area (Å²) >= 11 is 6.02. The molecule has 31 heavy (non-hydrogen) atoms. The van der Waals surface area contributed by atoms with Crippen LogP contribution in [0.3, 0.4) is 0 Å². The minimum atomic E-state index is -0.514. The third-order valence-electron chi connectivity index (χ3n) is 4.57. The number of carbonyl (C=O) groups is 3. The van der Waals surface area contributed by atoms with Gasteiger partial charge >= 0.3 is 0 Å². The van der Waals surface area contributed by atoms with Crippen LogP contribution in [0.5, 0.6) is 5.75 Å². The Bertz CT molecular complexity index is 1110. The van der Waals surface area contributed by atoms with Gasteiger partial charge in [0.15, 0.2) is 6.61 Å². The first kappa shape index (κ1) is 22.1. The maximum atomic E-state index is 12.0. The maximum Gasteiger partial charge on any atom is 0.276 e. The Kier molecular flexibility index (Phi) is 7.45.